The first-order valence-electron chi connectivity index (χ1n) is 6.21. The minimum absolute atomic E-state index is 0.00519. The molecule has 0 saturated carbocycles. The third-order valence-electron chi connectivity index (χ3n) is 3.57. The first kappa shape index (κ1) is 11.4. The standard InChI is InChI=1S/C12H19NO3/c1-2-16-12(15)10-7-6-9-5-3-4-8-13(9)11(10)14/h9-10H,2-8H2,1H3/t9-,10-/m1/s1. The van der Waals surface area contributed by atoms with Crippen LogP contribution in [-0.4, -0.2) is 36.0 Å². The lowest BCUT2D eigenvalue weighted by Crippen LogP contribution is -2.52. The molecule has 0 spiro atoms. The first-order valence-corrected chi connectivity index (χ1v) is 6.21. The van der Waals surface area contributed by atoms with Gasteiger partial charge in [-0.2, -0.15) is 0 Å². The van der Waals surface area contributed by atoms with Crippen LogP contribution in [0.2, 0.25) is 0 Å². The Morgan fingerprint density at radius 3 is 2.94 bits per heavy atom. The molecule has 2 atom stereocenters. The summed E-state index contributed by atoms with van der Waals surface area (Å²) in [4.78, 5) is 25.6. The Morgan fingerprint density at radius 1 is 1.38 bits per heavy atom. The van der Waals surface area contributed by atoms with Gasteiger partial charge >= 0.3 is 5.97 Å². The van der Waals surface area contributed by atoms with Gasteiger partial charge in [0.15, 0.2) is 0 Å². The Morgan fingerprint density at radius 2 is 2.19 bits per heavy atom. The molecule has 2 rings (SSSR count). The van der Waals surface area contributed by atoms with Crippen LogP contribution in [0, 0.1) is 5.92 Å². The van der Waals surface area contributed by atoms with Gasteiger partial charge in [0.05, 0.1) is 6.61 Å². The first-order chi connectivity index (χ1) is 7.74. The van der Waals surface area contributed by atoms with Crippen molar-refractivity contribution in [3.05, 3.63) is 0 Å². The van der Waals surface area contributed by atoms with Crippen molar-refractivity contribution in [2.75, 3.05) is 13.2 Å². The molecule has 0 bridgehead atoms. The summed E-state index contributed by atoms with van der Waals surface area (Å²) in [5.41, 5.74) is 0. The van der Waals surface area contributed by atoms with E-state index in [0.717, 1.165) is 25.8 Å². The van der Waals surface area contributed by atoms with Crippen LogP contribution in [0.5, 0.6) is 0 Å². The van der Waals surface area contributed by atoms with Gasteiger partial charge in [0.25, 0.3) is 0 Å². The van der Waals surface area contributed by atoms with E-state index in [9.17, 15) is 9.59 Å². The van der Waals surface area contributed by atoms with E-state index in [-0.39, 0.29) is 11.9 Å². The molecule has 2 fully saturated rings. The average molecular weight is 225 g/mol. The van der Waals surface area contributed by atoms with Gasteiger partial charge in [-0.1, -0.05) is 0 Å². The van der Waals surface area contributed by atoms with Gasteiger partial charge in [0.2, 0.25) is 5.91 Å². The molecule has 0 N–H and O–H groups in total. The molecule has 0 aromatic heterocycles. The number of ether oxygens (including phenoxy) is 1. The highest BCUT2D eigenvalue weighted by Gasteiger charge is 2.40. The van der Waals surface area contributed by atoms with Crippen LogP contribution < -0.4 is 0 Å². The molecule has 0 aromatic carbocycles. The number of nitrogens with zero attached hydrogens (tertiary/aromatic N) is 1. The van der Waals surface area contributed by atoms with E-state index in [2.05, 4.69) is 0 Å². The van der Waals surface area contributed by atoms with Gasteiger partial charge < -0.3 is 9.64 Å². The van der Waals surface area contributed by atoms with E-state index >= 15 is 0 Å². The quantitative estimate of drug-likeness (QED) is 0.526. The lowest BCUT2D eigenvalue weighted by molar-refractivity contribution is -0.160. The summed E-state index contributed by atoms with van der Waals surface area (Å²) in [6, 6.07) is 0.381. The highest BCUT2D eigenvalue weighted by Crippen LogP contribution is 2.30. The van der Waals surface area contributed by atoms with Gasteiger partial charge in [-0.15, -0.1) is 0 Å². The van der Waals surface area contributed by atoms with Crippen molar-refractivity contribution in [3.8, 4) is 0 Å². The minimum Gasteiger partial charge on any atom is -0.465 e. The van der Waals surface area contributed by atoms with Crippen molar-refractivity contribution in [2.24, 2.45) is 5.92 Å². The van der Waals surface area contributed by atoms with Gasteiger partial charge in [-0.25, -0.2) is 0 Å². The molecule has 4 nitrogen and oxygen atoms in total. The fraction of sp³-hybridized carbons (Fsp3) is 0.833. The largest absolute Gasteiger partial charge is 0.465 e. The lowest BCUT2D eigenvalue weighted by Gasteiger charge is -2.41. The molecular formula is C12H19NO3. The summed E-state index contributed by atoms with van der Waals surface area (Å²) < 4.78 is 4.95. The molecule has 2 saturated heterocycles. The zero-order valence-corrected chi connectivity index (χ0v) is 9.78. The fourth-order valence-corrected chi connectivity index (χ4v) is 2.74. The summed E-state index contributed by atoms with van der Waals surface area (Å²) in [7, 11) is 0. The molecule has 0 aromatic rings. The molecule has 0 unspecified atom stereocenters. The van der Waals surface area contributed by atoms with E-state index in [1.807, 2.05) is 4.90 Å². The molecule has 16 heavy (non-hydrogen) atoms. The van der Waals surface area contributed by atoms with E-state index in [1.54, 1.807) is 6.92 Å². The zero-order chi connectivity index (χ0) is 11.5. The third kappa shape index (κ3) is 2.06. The second-order valence-electron chi connectivity index (χ2n) is 4.56. The molecule has 0 radical (unpaired) electrons. The Kier molecular flexibility index (Phi) is 3.46. The van der Waals surface area contributed by atoms with Crippen LogP contribution in [0.1, 0.15) is 39.0 Å². The maximum Gasteiger partial charge on any atom is 0.318 e. The Balaban J connectivity index is 2.02. The number of carbonyl (C=O) groups excluding carboxylic acids is 2. The van der Waals surface area contributed by atoms with E-state index in [4.69, 9.17) is 4.74 Å². The number of piperidine rings is 2. The van der Waals surface area contributed by atoms with E-state index in [0.29, 0.717) is 19.1 Å². The van der Waals surface area contributed by atoms with Crippen molar-refractivity contribution in [1.82, 2.24) is 4.90 Å². The Bertz CT molecular complexity index is 290. The Hall–Kier alpha value is -1.06. The van der Waals surface area contributed by atoms with Crippen molar-refractivity contribution in [3.63, 3.8) is 0 Å². The summed E-state index contributed by atoms with van der Waals surface area (Å²) >= 11 is 0. The minimum atomic E-state index is -0.533. The molecule has 1 amide bonds. The van der Waals surface area contributed by atoms with Crippen LogP contribution in [0.4, 0.5) is 0 Å². The number of esters is 1. The molecular weight excluding hydrogens is 206 g/mol. The van der Waals surface area contributed by atoms with Crippen LogP contribution in [0.3, 0.4) is 0 Å². The summed E-state index contributed by atoms with van der Waals surface area (Å²) in [5.74, 6) is -0.875. The predicted octanol–water partition coefficient (Wildman–Crippen LogP) is 1.34. The van der Waals surface area contributed by atoms with Gasteiger partial charge in [0, 0.05) is 12.6 Å². The molecule has 90 valence electrons. The lowest BCUT2D eigenvalue weighted by atomic mass is 9.87. The zero-order valence-electron chi connectivity index (χ0n) is 9.78. The molecule has 4 heteroatoms. The number of fused-ring (bicyclic) bond motifs is 1. The van der Waals surface area contributed by atoms with Gasteiger partial charge in [-0.05, 0) is 39.0 Å². The van der Waals surface area contributed by atoms with Gasteiger partial charge in [0.1, 0.15) is 5.92 Å². The fourth-order valence-electron chi connectivity index (χ4n) is 2.74. The molecule has 2 aliphatic heterocycles. The van der Waals surface area contributed by atoms with E-state index < -0.39 is 5.92 Å². The number of hydrogen-bond donors (Lipinski definition) is 0. The number of rotatable bonds is 2. The second kappa shape index (κ2) is 4.85. The van der Waals surface area contributed by atoms with E-state index in [1.165, 1.54) is 6.42 Å². The van der Waals surface area contributed by atoms with Crippen LogP contribution in [-0.2, 0) is 14.3 Å². The van der Waals surface area contributed by atoms with Crippen molar-refractivity contribution < 1.29 is 14.3 Å². The number of carbonyl (C=O) groups is 2. The summed E-state index contributed by atoms with van der Waals surface area (Å²) in [6.45, 7) is 2.94. The number of hydrogen-bond acceptors (Lipinski definition) is 3. The molecule has 2 heterocycles. The van der Waals surface area contributed by atoms with Gasteiger partial charge in [-0.3, -0.25) is 9.59 Å². The maximum absolute atomic E-state index is 12.1. The second-order valence-corrected chi connectivity index (χ2v) is 4.56. The van der Waals surface area contributed by atoms with Crippen LogP contribution in [0.15, 0.2) is 0 Å². The van der Waals surface area contributed by atoms with Crippen molar-refractivity contribution >= 4 is 11.9 Å². The normalized spacial score (nSPS) is 29.8. The molecule has 0 aliphatic carbocycles. The Labute approximate surface area is 95.9 Å². The van der Waals surface area contributed by atoms with Crippen LogP contribution >= 0.6 is 0 Å². The highest BCUT2D eigenvalue weighted by atomic mass is 16.5. The van der Waals surface area contributed by atoms with Crippen LogP contribution in [0.25, 0.3) is 0 Å². The summed E-state index contributed by atoms with van der Waals surface area (Å²) in [5, 5.41) is 0. The average Bonchev–Trinajstić information content (AvgIpc) is 2.30. The number of amides is 1. The third-order valence-corrected chi connectivity index (χ3v) is 3.57. The predicted molar refractivity (Wildman–Crippen MR) is 58.7 cm³/mol. The summed E-state index contributed by atoms with van der Waals surface area (Å²) in [6.07, 6.45) is 4.99. The highest BCUT2D eigenvalue weighted by molar-refractivity contribution is 5.98. The molecule has 2 aliphatic rings. The van der Waals surface area contributed by atoms with Crippen molar-refractivity contribution in [2.45, 2.75) is 45.1 Å². The van der Waals surface area contributed by atoms with Crippen molar-refractivity contribution in [1.29, 1.82) is 0 Å². The smallest absolute Gasteiger partial charge is 0.318 e. The topological polar surface area (TPSA) is 46.6 Å². The maximum atomic E-state index is 12.1. The monoisotopic (exact) mass is 225 g/mol. The SMILES string of the molecule is CCOC(=O)[C@@H]1CC[C@H]2CCCCN2C1=O.